The van der Waals surface area contributed by atoms with Gasteiger partial charge in [0, 0.05) is 30.8 Å². The highest BCUT2D eigenvalue weighted by Crippen LogP contribution is 2.45. The highest BCUT2D eigenvalue weighted by Gasteiger charge is 2.18. The van der Waals surface area contributed by atoms with Gasteiger partial charge in [0.15, 0.2) is 0 Å². The van der Waals surface area contributed by atoms with Crippen LogP contribution in [0, 0.1) is 5.82 Å². The van der Waals surface area contributed by atoms with Gasteiger partial charge in [0.25, 0.3) is 0 Å². The molecule has 0 aromatic heterocycles. The first-order valence-electron chi connectivity index (χ1n) is 7.71. The van der Waals surface area contributed by atoms with Gasteiger partial charge in [-0.1, -0.05) is 24.3 Å². The molecule has 1 aliphatic rings. The van der Waals surface area contributed by atoms with Crippen LogP contribution in [0.2, 0.25) is 0 Å². The van der Waals surface area contributed by atoms with Crippen molar-refractivity contribution in [3.05, 3.63) is 65.5 Å². The van der Waals surface area contributed by atoms with Crippen LogP contribution in [0.25, 0.3) is 0 Å². The van der Waals surface area contributed by atoms with Crippen LogP contribution < -0.4 is 5.32 Å². The summed E-state index contributed by atoms with van der Waals surface area (Å²) in [6.07, 6.45) is 0. The molecule has 0 radical (unpaired) electrons. The Labute approximate surface area is 150 Å². The molecule has 0 atom stereocenters. The lowest BCUT2D eigenvalue weighted by Crippen LogP contribution is -2.30. The maximum absolute atomic E-state index is 13.2. The first kappa shape index (κ1) is 17.2. The van der Waals surface area contributed by atoms with Gasteiger partial charge < -0.3 is 10.2 Å². The third kappa shape index (κ3) is 4.45. The van der Waals surface area contributed by atoms with Gasteiger partial charge in [-0.3, -0.25) is 0 Å². The van der Waals surface area contributed by atoms with Gasteiger partial charge in [0.2, 0.25) is 0 Å². The number of nitrogens with one attached hydrogen (secondary N) is 1. The Morgan fingerprint density at radius 2 is 1.96 bits per heavy atom. The lowest BCUT2D eigenvalue weighted by Gasteiger charge is -2.19. The largest absolute Gasteiger partial charge is 0.323 e. The maximum Gasteiger partial charge on any atom is 0.321 e. The molecule has 2 aromatic rings. The maximum atomic E-state index is 13.2. The molecule has 0 unspecified atom stereocenters. The monoisotopic (exact) mass is 362 g/mol. The molecule has 2 amide bonds. The SMILES string of the molecule is CN(Cc1cccc(F)c1)C(=O)Nc1cccc(C2SCCS2)c1. The Balaban J connectivity index is 1.62. The zero-order valence-corrected chi connectivity index (χ0v) is 15.0. The fourth-order valence-corrected chi connectivity index (χ4v) is 5.35. The van der Waals surface area contributed by atoms with Crippen LogP contribution in [0.1, 0.15) is 15.7 Å². The fraction of sp³-hybridized carbons (Fsp3) is 0.278. The predicted molar refractivity (Wildman–Crippen MR) is 101 cm³/mol. The van der Waals surface area contributed by atoms with E-state index in [4.69, 9.17) is 0 Å². The lowest BCUT2D eigenvalue weighted by molar-refractivity contribution is 0.220. The summed E-state index contributed by atoms with van der Waals surface area (Å²) < 4.78 is 13.7. The summed E-state index contributed by atoms with van der Waals surface area (Å²) in [4.78, 5) is 13.9. The number of hydrogen-bond donors (Lipinski definition) is 1. The van der Waals surface area contributed by atoms with Crippen LogP contribution in [0.15, 0.2) is 48.5 Å². The minimum absolute atomic E-state index is 0.205. The Bertz CT molecular complexity index is 720. The lowest BCUT2D eigenvalue weighted by atomic mass is 10.2. The third-order valence-corrected chi connectivity index (χ3v) is 6.79. The van der Waals surface area contributed by atoms with Gasteiger partial charge in [-0.05, 0) is 35.4 Å². The zero-order chi connectivity index (χ0) is 16.9. The third-order valence-electron chi connectivity index (χ3n) is 3.69. The summed E-state index contributed by atoms with van der Waals surface area (Å²) in [6.45, 7) is 0.359. The highest BCUT2D eigenvalue weighted by molar-refractivity contribution is 8.19. The van der Waals surface area contributed by atoms with E-state index in [9.17, 15) is 9.18 Å². The smallest absolute Gasteiger partial charge is 0.321 e. The molecule has 0 bridgehead atoms. The van der Waals surface area contributed by atoms with E-state index in [-0.39, 0.29) is 11.8 Å². The molecule has 3 nitrogen and oxygen atoms in total. The van der Waals surface area contributed by atoms with Crippen molar-refractivity contribution < 1.29 is 9.18 Å². The number of thioether (sulfide) groups is 2. The molecular formula is C18H19FN2OS2. The molecule has 0 spiro atoms. The number of urea groups is 1. The number of benzene rings is 2. The molecular weight excluding hydrogens is 343 g/mol. The van der Waals surface area contributed by atoms with Crippen LogP contribution in [0.4, 0.5) is 14.9 Å². The van der Waals surface area contributed by atoms with Crippen molar-refractivity contribution in [3.8, 4) is 0 Å². The average molecular weight is 362 g/mol. The van der Waals surface area contributed by atoms with Crippen LogP contribution in [-0.2, 0) is 6.54 Å². The normalized spacial score (nSPS) is 14.6. The van der Waals surface area contributed by atoms with Crippen molar-refractivity contribution >= 4 is 35.2 Å². The van der Waals surface area contributed by atoms with Gasteiger partial charge in [0.1, 0.15) is 5.82 Å². The zero-order valence-electron chi connectivity index (χ0n) is 13.4. The van der Waals surface area contributed by atoms with E-state index >= 15 is 0 Å². The van der Waals surface area contributed by atoms with E-state index in [0.717, 1.165) is 11.3 Å². The van der Waals surface area contributed by atoms with Crippen LogP contribution >= 0.6 is 23.5 Å². The average Bonchev–Trinajstić information content (AvgIpc) is 3.09. The quantitative estimate of drug-likeness (QED) is 0.833. The first-order chi connectivity index (χ1) is 11.6. The standard InChI is InChI=1S/C18H19FN2OS2/c1-21(12-13-4-2-6-15(19)10-13)18(22)20-16-7-3-5-14(11-16)17-23-8-9-24-17/h2-7,10-11,17H,8-9,12H2,1H3,(H,20,22). The van der Waals surface area contributed by atoms with Crippen molar-refractivity contribution in [2.24, 2.45) is 0 Å². The summed E-state index contributed by atoms with van der Waals surface area (Å²) in [6, 6.07) is 14.1. The number of anilines is 1. The predicted octanol–water partition coefficient (Wildman–Crippen LogP) is 4.97. The topological polar surface area (TPSA) is 32.3 Å². The van der Waals surface area contributed by atoms with Gasteiger partial charge in [-0.2, -0.15) is 0 Å². The second kappa shape index (κ2) is 7.94. The van der Waals surface area contributed by atoms with Gasteiger partial charge in [-0.25, -0.2) is 9.18 Å². The molecule has 1 saturated heterocycles. The van der Waals surface area contributed by atoms with Crippen molar-refractivity contribution in [1.82, 2.24) is 4.90 Å². The van der Waals surface area contributed by atoms with E-state index in [1.54, 1.807) is 18.0 Å². The number of carbonyl (C=O) groups excluding carboxylic acids is 1. The number of carbonyl (C=O) groups is 1. The summed E-state index contributed by atoms with van der Waals surface area (Å²) >= 11 is 3.87. The second-order valence-corrected chi connectivity index (χ2v) is 8.34. The van der Waals surface area contributed by atoms with Gasteiger partial charge in [-0.15, -0.1) is 23.5 Å². The number of amides is 2. The number of hydrogen-bond acceptors (Lipinski definition) is 3. The molecule has 6 heteroatoms. The van der Waals surface area contributed by atoms with E-state index in [1.165, 1.54) is 29.2 Å². The second-order valence-electron chi connectivity index (χ2n) is 5.62. The van der Waals surface area contributed by atoms with E-state index in [2.05, 4.69) is 11.4 Å². The van der Waals surface area contributed by atoms with Crippen LogP contribution in [0.5, 0.6) is 0 Å². The molecule has 24 heavy (non-hydrogen) atoms. The first-order valence-corrected chi connectivity index (χ1v) is 9.81. The Morgan fingerprint density at radius 3 is 2.71 bits per heavy atom. The Morgan fingerprint density at radius 1 is 1.21 bits per heavy atom. The van der Waals surface area contributed by atoms with Crippen LogP contribution in [0.3, 0.4) is 0 Å². The Kier molecular flexibility index (Phi) is 5.68. The van der Waals surface area contributed by atoms with Crippen molar-refractivity contribution in [1.29, 1.82) is 0 Å². The fourth-order valence-electron chi connectivity index (χ4n) is 2.51. The number of nitrogens with zero attached hydrogens (tertiary/aromatic N) is 1. The molecule has 126 valence electrons. The minimum atomic E-state index is -0.291. The molecule has 0 saturated carbocycles. The molecule has 2 aromatic carbocycles. The minimum Gasteiger partial charge on any atom is -0.323 e. The number of rotatable bonds is 4. The van der Waals surface area contributed by atoms with E-state index in [1.807, 2.05) is 47.8 Å². The Hall–Kier alpha value is -1.66. The molecule has 3 rings (SSSR count). The van der Waals surface area contributed by atoms with Crippen molar-refractivity contribution in [3.63, 3.8) is 0 Å². The molecule has 1 heterocycles. The molecule has 1 aliphatic heterocycles. The molecule has 1 fully saturated rings. The van der Waals surface area contributed by atoms with Crippen LogP contribution in [-0.4, -0.2) is 29.5 Å². The molecule has 0 aliphatic carbocycles. The summed E-state index contributed by atoms with van der Waals surface area (Å²) in [5, 5.41) is 2.92. The van der Waals surface area contributed by atoms with Gasteiger partial charge in [0.05, 0.1) is 4.58 Å². The summed E-state index contributed by atoms with van der Waals surface area (Å²) in [5.74, 6) is 2.05. The summed E-state index contributed by atoms with van der Waals surface area (Å²) in [5.41, 5.74) is 2.78. The highest BCUT2D eigenvalue weighted by atomic mass is 32.2. The van der Waals surface area contributed by atoms with E-state index < -0.39 is 0 Å². The van der Waals surface area contributed by atoms with Gasteiger partial charge >= 0.3 is 6.03 Å². The van der Waals surface area contributed by atoms with Crippen molar-refractivity contribution in [2.45, 2.75) is 11.1 Å². The van der Waals surface area contributed by atoms with Crippen molar-refractivity contribution in [2.75, 3.05) is 23.9 Å². The number of halogens is 1. The molecule has 1 N–H and O–H groups in total. The summed E-state index contributed by atoms with van der Waals surface area (Å²) in [7, 11) is 1.70. The van der Waals surface area contributed by atoms with E-state index in [0.29, 0.717) is 11.1 Å².